The number of nitrogens with one attached hydrogen (secondary N) is 1. The standard InChI is InChI=1S/C11H17NO2.C3H8/c1-2-12-10(8-13)11(14)9-6-4-3-5-7-9;1-3-2/h3-7,10-14H,2,8H2,1H3;3H2,1-2H3/t10-,11-;/m0./s1. The summed E-state index contributed by atoms with van der Waals surface area (Å²) >= 11 is 0. The predicted octanol–water partition coefficient (Wildman–Crippen LogP) is 2.11. The first-order chi connectivity index (χ1) is 8.21. The quantitative estimate of drug-likeness (QED) is 0.737. The molecule has 0 aliphatic heterocycles. The first-order valence-electron chi connectivity index (χ1n) is 6.28. The van der Waals surface area contributed by atoms with E-state index in [4.69, 9.17) is 5.11 Å². The van der Waals surface area contributed by atoms with Gasteiger partial charge in [-0.2, -0.15) is 0 Å². The molecule has 1 aromatic rings. The van der Waals surface area contributed by atoms with Crippen LogP contribution in [0.15, 0.2) is 30.3 Å². The van der Waals surface area contributed by atoms with Gasteiger partial charge in [0.25, 0.3) is 0 Å². The summed E-state index contributed by atoms with van der Waals surface area (Å²) in [6, 6.07) is 9.06. The van der Waals surface area contributed by atoms with E-state index >= 15 is 0 Å². The third-order valence-electron chi connectivity index (χ3n) is 2.19. The second kappa shape index (κ2) is 10.3. The molecular formula is C14H25NO2. The second-order valence-electron chi connectivity index (χ2n) is 3.91. The van der Waals surface area contributed by atoms with Gasteiger partial charge in [-0.1, -0.05) is 57.5 Å². The third-order valence-corrected chi connectivity index (χ3v) is 2.19. The highest BCUT2D eigenvalue weighted by Gasteiger charge is 2.18. The fraction of sp³-hybridized carbons (Fsp3) is 0.571. The van der Waals surface area contributed by atoms with Crippen LogP contribution in [0.25, 0.3) is 0 Å². The molecule has 17 heavy (non-hydrogen) atoms. The Morgan fingerprint density at radius 3 is 2.06 bits per heavy atom. The van der Waals surface area contributed by atoms with Crippen molar-refractivity contribution in [2.45, 2.75) is 39.3 Å². The minimum Gasteiger partial charge on any atom is -0.395 e. The van der Waals surface area contributed by atoms with Crippen LogP contribution in [0.5, 0.6) is 0 Å². The van der Waals surface area contributed by atoms with E-state index in [2.05, 4.69) is 19.2 Å². The fourth-order valence-electron chi connectivity index (χ4n) is 1.42. The van der Waals surface area contributed by atoms with E-state index in [1.165, 1.54) is 6.42 Å². The van der Waals surface area contributed by atoms with Crippen molar-refractivity contribution in [3.8, 4) is 0 Å². The van der Waals surface area contributed by atoms with Gasteiger partial charge >= 0.3 is 0 Å². The number of hydrogen-bond acceptors (Lipinski definition) is 3. The van der Waals surface area contributed by atoms with E-state index in [0.29, 0.717) is 0 Å². The molecule has 3 nitrogen and oxygen atoms in total. The van der Waals surface area contributed by atoms with Gasteiger partial charge in [-0.15, -0.1) is 0 Å². The first kappa shape index (κ1) is 16.1. The molecular weight excluding hydrogens is 214 g/mol. The molecule has 0 bridgehead atoms. The number of aliphatic hydroxyl groups is 2. The van der Waals surface area contributed by atoms with Gasteiger partial charge < -0.3 is 15.5 Å². The maximum atomic E-state index is 9.89. The smallest absolute Gasteiger partial charge is 0.0965 e. The molecule has 3 N–H and O–H groups in total. The van der Waals surface area contributed by atoms with E-state index in [9.17, 15) is 5.11 Å². The number of benzene rings is 1. The predicted molar refractivity (Wildman–Crippen MR) is 71.9 cm³/mol. The number of hydrogen-bond donors (Lipinski definition) is 3. The van der Waals surface area contributed by atoms with Crippen molar-refractivity contribution >= 4 is 0 Å². The van der Waals surface area contributed by atoms with Crippen molar-refractivity contribution in [2.75, 3.05) is 13.2 Å². The minimum atomic E-state index is -0.652. The zero-order valence-corrected chi connectivity index (χ0v) is 11.1. The first-order valence-corrected chi connectivity index (χ1v) is 6.28. The van der Waals surface area contributed by atoms with Crippen molar-refractivity contribution in [1.82, 2.24) is 5.32 Å². The average Bonchev–Trinajstić information content (AvgIpc) is 2.37. The molecule has 0 amide bonds. The topological polar surface area (TPSA) is 52.5 Å². The van der Waals surface area contributed by atoms with Gasteiger partial charge in [-0.25, -0.2) is 0 Å². The summed E-state index contributed by atoms with van der Waals surface area (Å²) in [5.74, 6) is 0. The Balaban J connectivity index is 0.000000770. The van der Waals surface area contributed by atoms with Crippen LogP contribution in [-0.2, 0) is 0 Å². The largest absolute Gasteiger partial charge is 0.395 e. The molecule has 1 aromatic carbocycles. The lowest BCUT2D eigenvalue weighted by Gasteiger charge is -2.21. The Morgan fingerprint density at radius 2 is 1.65 bits per heavy atom. The van der Waals surface area contributed by atoms with Gasteiger partial charge in [0.2, 0.25) is 0 Å². The zero-order valence-electron chi connectivity index (χ0n) is 11.1. The van der Waals surface area contributed by atoms with Gasteiger partial charge in [0.05, 0.1) is 18.8 Å². The Hall–Kier alpha value is -0.900. The van der Waals surface area contributed by atoms with Crippen LogP contribution >= 0.6 is 0 Å². The van der Waals surface area contributed by atoms with Gasteiger partial charge in [0, 0.05) is 0 Å². The highest BCUT2D eigenvalue weighted by molar-refractivity contribution is 5.18. The normalized spacial score (nSPS) is 13.5. The highest BCUT2D eigenvalue weighted by atomic mass is 16.3. The SMILES string of the molecule is CCC.CCN[C@@H](CO)[C@@H](O)c1ccccc1. The van der Waals surface area contributed by atoms with Crippen molar-refractivity contribution < 1.29 is 10.2 Å². The fourth-order valence-corrected chi connectivity index (χ4v) is 1.42. The van der Waals surface area contributed by atoms with Gasteiger partial charge in [0.1, 0.15) is 0 Å². The van der Waals surface area contributed by atoms with Crippen molar-refractivity contribution in [3.05, 3.63) is 35.9 Å². The molecule has 0 radical (unpaired) electrons. The Labute approximate surface area is 104 Å². The zero-order chi connectivity index (χ0) is 13.1. The summed E-state index contributed by atoms with van der Waals surface area (Å²) < 4.78 is 0. The molecule has 98 valence electrons. The Morgan fingerprint density at radius 1 is 1.12 bits per heavy atom. The summed E-state index contributed by atoms with van der Waals surface area (Å²) in [5.41, 5.74) is 0.826. The molecule has 0 aliphatic carbocycles. The number of likely N-dealkylation sites (N-methyl/N-ethyl adjacent to an activating group) is 1. The molecule has 0 fully saturated rings. The monoisotopic (exact) mass is 239 g/mol. The van der Waals surface area contributed by atoms with E-state index in [1.807, 2.05) is 37.3 Å². The van der Waals surface area contributed by atoms with Crippen molar-refractivity contribution in [3.63, 3.8) is 0 Å². The molecule has 3 heteroatoms. The minimum absolute atomic E-state index is 0.0656. The van der Waals surface area contributed by atoms with Gasteiger partial charge in [-0.3, -0.25) is 0 Å². The number of aliphatic hydroxyl groups excluding tert-OH is 2. The Bertz CT molecular complexity index is 264. The lowest BCUT2D eigenvalue weighted by atomic mass is 10.0. The lowest BCUT2D eigenvalue weighted by molar-refractivity contribution is 0.0911. The summed E-state index contributed by atoms with van der Waals surface area (Å²) in [5, 5.41) is 22.0. The molecule has 0 unspecified atom stereocenters. The molecule has 0 heterocycles. The summed E-state index contributed by atoms with van der Waals surface area (Å²) in [7, 11) is 0. The average molecular weight is 239 g/mol. The Kier molecular flexibility index (Phi) is 9.72. The molecule has 0 aliphatic rings. The maximum Gasteiger partial charge on any atom is 0.0965 e. The number of rotatable bonds is 5. The van der Waals surface area contributed by atoms with Crippen LogP contribution in [-0.4, -0.2) is 29.4 Å². The van der Waals surface area contributed by atoms with Crippen LogP contribution in [0.2, 0.25) is 0 Å². The van der Waals surface area contributed by atoms with Crippen LogP contribution in [0.1, 0.15) is 38.9 Å². The molecule has 0 saturated heterocycles. The lowest BCUT2D eigenvalue weighted by Crippen LogP contribution is -2.37. The van der Waals surface area contributed by atoms with E-state index in [1.54, 1.807) is 0 Å². The summed E-state index contributed by atoms with van der Waals surface area (Å²) in [6.07, 6.45) is 0.598. The second-order valence-corrected chi connectivity index (χ2v) is 3.91. The molecule has 0 spiro atoms. The van der Waals surface area contributed by atoms with E-state index < -0.39 is 6.10 Å². The van der Waals surface area contributed by atoms with Crippen LogP contribution in [0.3, 0.4) is 0 Å². The van der Waals surface area contributed by atoms with Gasteiger partial charge in [0.15, 0.2) is 0 Å². The van der Waals surface area contributed by atoms with Crippen LogP contribution in [0.4, 0.5) is 0 Å². The van der Waals surface area contributed by atoms with E-state index in [-0.39, 0.29) is 12.6 Å². The maximum absolute atomic E-state index is 9.89. The summed E-state index contributed by atoms with van der Waals surface area (Å²) in [4.78, 5) is 0. The molecule has 2 atom stereocenters. The van der Waals surface area contributed by atoms with E-state index in [0.717, 1.165) is 12.1 Å². The van der Waals surface area contributed by atoms with Crippen LogP contribution < -0.4 is 5.32 Å². The highest BCUT2D eigenvalue weighted by Crippen LogP contribution is 2.15. The van der Waals surface area contributed by atoms with Gasteiger partial charge in [-0.05, 0) is 12.1 Å². The molecule has 0 aromatic heterocycles. The van der Waals surface area contributed by atoms with Crippen LogP contribution in [0, 0.1) is 0 Å². The molecule has 1 rings (SSSR count). The summed E-state index contributed by atoms with van der Waals surface area (Å²) in [6.45, 7) is 6.86. The third kappa shape index (κ3) is 6.41. The van der Waals surface area contributed by atoms with Crippen molar-refractivity contribution in [1.29, 1.82) is 0 Å². The molecule has 0 saturated carbocycles. The van der Waals surface area contributed by atoms with Crippen molar-refractivity contribution in [2.24, 2.45) is 0 Å².